The number of aliphatic hydroxyl groups excluding tert-OH is 1. The van der Waals surface area contributed by atoms with Crippen LogP contribution in [0.1, 0.15) is 99.8 Å². The van der Waals surface area contributed by atoms with E-state index in [-0.39, 0.29) is 18.3 Å². The van der Waals surface area contributed by atoms with Crippen LogP contribution in [0.25, 0.3) is 0 Å². The smallest absolute Gasteiger partial charge is 0.328 e. The highest BCUT2D eigenvalue weighted by Crippen LogP contribution is 2.12. The van der Waals surface area contributed by atoms with Crippen LogP contribution in [0.5, 0.6) is 0 Å². The van der Waals surface area contributed by atoms with Crippen molar-refractivity contribution in [2.24, 2.45) is 23.5 Å². The van der Waals surface area contributed by atoms with Crippen molar-refractivity contribution < 1.29 is 93.0 Å². The molecule has 28 heteroatoms. The SMILES string of the molecule is CC[C@H](C)[C@H](NC(=O)[C@@H](N)C(C)C)C(=O)N[C@@H](CCC(=O)O)C(=O)NCC(=O)N[C@@H](CC(C)C)C(=O)N[C@@H](CCC(=O)O)C(=O)N[C@@H](CC(=O)O)C(=O)N[C@@H](CC(=O)O)C(=O)N[C@H](C(=O)O)[C@@H](C)O. The minimum Gasteiger partial charge on any atom is -0.481 e. The zero-order valence-corrected chi connectivity index (χ0v) is 39.4. The number of hydrogen-bond acceptors (Lipinski definition) is 15. The van der Waals surface area contributed by atoms with Gasteiger partial charge in [-0.25, -0.2) is 4.79 Å². The first-order valence-corrected chi connectivity index (χ1v) is 21.8. The number of rotatable bonds is 33. The minimum atomic E-state index is -2.14. The van der Waals surface area contributed by atoms with Gasteiger partial charge in [0.15, 0.2) is 6.04 Å². The molecule has 0 rings (SSSR count). The maximum absolute atomic E-state index is 13.7. The molecule has 0 unspecified atom stereocenters. The Morgan fingerprint density at radius 1 is 0.478 bits per heavy atom. The fourth-order valence-corrected chi connectivity index (χ4v) is 6.06. The van der Waals surface area contributed by atoms with E-state index in [1.807, 2.05) is 16.0 Å². The molecule has 8 amide bonds. The molecule has 0 aromatic heterocycles. The lowest BCUT2D eigenvalue weighted by molar-refractivity contribution is -0.146. The van der Waals surface area contributed by atoms with Crippen molar-refractivity contribution >= 4 is 77.1 Å². The van der Waals surface area contributed by atoms with Gasteiger partial charge in [-0.3, -0.25) is 57.5 Å². The topological polar surface area (TPSA) is 466 Å². The van der Waals surface area contributed by atoms with Crippen molar-refractivity contribution in [3.63, 3.8) is 0 Å². The van der Waals surface area contributed by atoms with Crippen LogP contribution < -0.4 is 48.3 Å². The van der Waals surface area contributed by atoms with Gasteiger partial charge < -0.3 is 78.9 Å². The number of carboxylic acids is 5. The summed E-state index contributed by atoms with van der Waals surface area (Å²) >= 11 is 0. The van der Waals surface area contributed by atoms with Crippen molar-refractivity contribution in [1.29, 1.82) is 0 Å². The Hall–Kier alpha value is -6.97. The van der Waals surface area contributed by atoms with Crippen molar-refractivity contribution in [3.05, 3.63) is 0 Å². The fourth-order valence-electron chi connectivity index (χ4n) is 6.06. The number of amides is 8. The summed E-state index contributed by atoms with van der Waals surface area (Å²) in [7, 11) is 0. The summed E-state index contributed by atoms with van der Waals surface area (Å²) in [4.78, 5) is 164. The third-order valence-electron chi connectivity index (χ3n) is 10.2. The van der Waals surface area contributed by atoms with Crippen LogP contribution in [0.15, 0.2) is 0 Å². The van der Waals surface area contributed by atoms with E-state index in [1.54, 1.807) is 41.5 Å². The maximum atomic E-state index is 13.7. The number of carboxylic acid groups (broad SMARTS) is 5. The zero-order chi connectivity index (χ0) is 53.5. The van der Waals surface area contributed by atoms with Crippen LogP contribution in [0.2, 0.25) is 0 Å². The molecular weight excluding hydrogens is 922 g/mol. The standard InChI is InChI=1S/C41H67N9O19/c1-8-19(6)32(49-39(66)31(42)18(4)5)40(67)46-21(9-11-27(53)54)34(61)43-16-26(52)44-23(13-17(2)3)36(63)45-22(10-12-28(55)56)35(62)47-24(14-29(57)58)37(64)48-25(15-30(59)60)38(65)50-33(20(7)51)41(68)69/h17-25,31-33,51H,8-16,42H2,1-7H3,(H,43,61)(H,44,52)(H,45,63)(H,46,67)(H,47,62)(H,48,64)(H,49,66)(H,50,65)(H,53,54)(H,55,56)(H,57,58)(H,59,60)(H,68,69)/t19-,20+,21-,22-,23-,24-,25-,31-,32-,33-/m0/s1. The van der Waals surface area contributed by atoms with E-state index in [0.29, 0.717) is 6.42 Å². The molecule has 0 aliphatic rings. The van der Waals surface area contributed by atoms with E-state index in [4.69, 9.17) is 5.73 Å². The van der Waals surface area contributed by atoms with Crippen LogP contribution in [0.4, 0.5) is 0 Å². The lowest BCUT2D eigenvalue weighted by Gasteiger charge is -2.28. The van der Waals surface area contributed by atoms with E-state index < -0.39 is 183 Å². The molecular formula is C41H67N9O19. The first-order chi connectivity index (χ1) is 31.9. The molecule has 0 saturated heterocycles. The third-order valence-corrected chi connectivity index (χ3v) is 10.2. The lowest BCUT2D eigenvalue weighted by Crippen LogP contribution is -2.60. The van der Waals surface area contributed by atoms with E-state index in [1.165, 1.54) is 0 Å². The predicted molar refractivity (Wildman–Crippen MR) is 236 cm³/mol. The molecule has 0 saturated carbocycles. The molecule has 0 spiro atoms. The molecule has 0 aliphatic carbocycles. The number of nitrogens with two attached hydrogens (primary N) is 1. The van der Waals surface area contributed by atoms with Crippen molar-refractivity contribution in [1.82, 2.24) is 42.5 Å². The lowest BCUT2D eigenvalue weighted by atomic mass is 9.96. The van der Waals surface area contributed by atoms with Gasteiger partial charge in [-0.2, -0.15) is 0 Å². The summed E-state index contributed by atoms with van der Waals surface area (Å²) in [6, 6.07) is -13.3. The molecule has 28 nitrogen and oxygen atoms in total. The Bertz CT molecular complexity index is 1880. The molecule has 10 atom stereocenters. The first-order valence-electron chi connectivity index (χ1n) is 21.8. The van der Waals surface area contributed by atoms with Gasteiger partial charge in [-0.15, -0.1) is 0 Å². The quantitative estimate of drug-likeness (QED) is 0.0296. The van der Waals surface area contributed by atoms with Gasteiger partial charge in [-0.1, -0.05) is 48.0 Å². The minimum absolute atomic E-state index is 0.145. The van der Waals surface area contributed by atoms with Crippen molar-refractivity contribution in [2.75, 3.05) is 6.54 Å². The Kier molecular flexibility index (Phi) is 27.3. The summed E-state index contributed by atoms with van der Waals surface area (Å²) in [5, 5.41) is 74.1. The fraction of sp³-hybridized carbons (Fsp3) is 0.683. The highest BCUT2D eigenvalue weighted by molar-refractivity contribution is 5.99. The summed E-state index contributed by atoms with van der Waals surface area (Å²) < 4.78 is 0. The van der Waals surface area contributed by atoms with Gasteiger partial charge in [-0.05, 0) is 43.9 Å². The number of carbonyl (C=O) groups is 13. The van der Waals surface area contributed by atoms with Crippen LogP contribution in [-0.4, -0.2) is 169 Å². The summed E-state index contributed by atoms with van der Waals surface area (Å²) in [5.74, 6) is -18.1. The van der Waals surface area contributed by atoms with E-state index >= 15 is 0 Å². The number of nitrogens with one attached hydrogen (secondary N) is 8. The van der Waals surface area contributed by atoms with Crippen molar-refractivity contribution in [3.8, 4) is 0 Å². The van der Waals surface area contributed by atoms with Crippen LogP contribution >= 0.6 is 0 Å². The number of aliphatic carboxylic acids is 5. The van der Waals surface area contributed by atoms with Gasteiger partial charge in [0.2, 0.25) is 47.3 Å². The second-order valence-corrected chi connectivity index (χ2v) is 17.0. The molecule has 0 fully saturated rings. The Morgan fingerprint density at radius 3 is 1.29 bits per heavy atom. The average Bonchev–Trinajstić information content (AvgIpc) is 3.23. The molecule has 0 aromatic carbocycles. The van der Waals surface area contributed by atoms with Gasteiger partial charge in [0.05, 0.1) is 31.5 Å². The molecule has 0 aliphatic heterocycles. The molecule has 16 N–H and O–H groups in total. The van der Waals surface area contributed by atoms with Crippen molar-refractivity contribution in [2.45, 2.75) is 154 Å². The van der Waals surface area contributed by atoms with E-state index in [0.717, 1.165) is 6.92 Å². The Balaban J connectivity index is 6.40. The maximum Gasteiger partial charge on any atom is 0.328 e. The zero-order valence-electron chi connectivity index (χ0n) is 39.4. The molecule has 0 radical (unpaired) electrons. The molecule has 390 valence electrons. The first kappa shape index (κ1) is 62.0. The number of aliphatic hydroxyl groups is 1. The predicted octanol–water partition coefficient (Wildman–Crippen LogP) is -4.28. The monoisotopic (exact) mass is 989 g/mol. The van der Waals surface area contributed by atoms with E-state index in [9.17, 15) is 93.0 Å². The highest BCUT2D eigenvalue weighted by atomic mass is 16.4. The third kappa shape index (κ3) is 24.1. The number of hydrogen-bond donors (Lipinski definition) is 15. The summed E-state index contributed by atoms with van der Waals surface area (Å²) in [6.45, 7) is 10.1. The van der Waals surface area contributed by atoms with Gasteiger partial charge in [0.1, 0.15) is 36.3 Å². The normalized spacial score (nSPS) is 15.4. The second kappa shape index (κ2) is 30.4. The Labute approximate surface area is 396 Å². The van der Waals surface area contributed by atoms with E-state index in [2.05, 4.69) is 26.6 Å². The number of carbonyl (C=O) groups excluding carboxylic acids is 8. The second-order valence-electron chi connectivity index (χ2n) is 17.0. The van der Waals surface area contributed by atoms with Gasteiger partial charge in [0.25, 0.3) is 0 Å². The average molecular weight is 990 g/mol. The summed E-state index contributed by atoms with van der Waals surface area (Å²) in [6.07, 6.45) is -6.45. The van der Waals surface area contributed by atoms with Crippen LogP contribution in [0.3, 0.4) is 0 Å². The van der Waals surface area contributed by atoms with Crippen LogP contribution in [0, 0.1) is 17.8 Å². The molecule has 69 heavy (non-hydrogen) atoms. The molecule has 0 bridgehead atoms. The highest BCUT2D eigenvalue weighted by Gasteiger charge is 2.36. The molecule has 0 aromatic rings. The largest absolute Gasteiger partial charge is 0.481 e. The Morgan fingerprint density at radius 2 is 0.884 bits per heavy atom. The summed E-state index contributed by atoms with van der Waals surface area (Å²) in [5.41, 5.74) is 5.94. The van der Waals surface area contributed by atoms with Gasteiger partial charge in [0, 0.05) is 12.8 Å². The molecule has 0 heterocycles. The van der Waals surface area contributed by atoms with Crippen LogP contribution in [-0.2, 0) is 62.3 Å². The van der Waals surface area contributed by atoms with Gasteiger partial charge >= 0.3 is 29.8 Å².